The highest BCUT2D eigenvalue weighted by atomic mass is 16.5. The van der Waals surface area contributed by atoms with Crippen molar-refractivity contribution in [1.29, 1.82) is 0 Å². The van der Waals surface area contributed by atoms with Gasteiger partial charge >= 0.3 is 0 Å². The van der Waals surface area contributed by atoms with Crippen molar-refractivity contribution in [2.24, 2.45) is 5.92 Å². The Morgan fingerprint density at radius 1 is 1.00 bits per heavy atom. The van der Waals surface area contributed by atoms with E-state index in [0.29, 0.717) is 61.3 Å². The van der Waals surface area contributed by atoms with Gasteiger partial charge in [0.25, 0.3) is 11.8 Å². The largest absolute Gasteiger partial charge is 0.497 e. The summed E-state index contributed by atoms with van der Waals surface area (Å²) in [5, 5.41) is 3.16. The average molecular weight is 453 g/mol. The molecule has 0 aliphatic carbocycles. The van der Waals surface area contributed by atoms with Gasteiger partial charge in [-0.25, -0.2) is 0 Å². The number of hydrogen-bond donors (Lipinski definition) is 1. The Balaban J connectivity index is 1.90. The summed E-state index contributed by atoms with van der Waals surface area (Å²) in [6.07, 6.45) is 0.576. The van der Waals surface area contributed by atoms with Crippen LogP contribution in [0.3, 0.4) is 0 Å². The van der Waals surface area contributed by atoms with Gasteiger partial charge in [0.05, 0.1) is 19.3 Å². The summed E-state index contributed by atoms with van der Waals surface area (Å²) in [5.74, 6) is 1.11. The van der Waals surface area contributed by atoms with Crippen molar-refractivity contribution in [2.75, 3.05) is 38.8 Å². The molecule has 0 aromatic heterocycles. The zero-order valence-electron chi connectivity index (χ0n) is 19.7. The normalized spacial score (nSPS) is 13.8. The molecule has 0 atom stereocenters. The quantitative estimate of drug-likeness (QED) is 0.381. The number of carbonyl (C=O) groups is 2. The number of amides is 2. The molecular formula is C26H32N2O5. The molecule has 0 fully saturated rings. The number of hydrogen-bond acceptors (Lipinski definition) is 6. The summed E-state index contributed by atoms with van der Waals surface area (Å²) < 4.78 is 16.4. The van der Waals surface area contributed by atoms with E-state index in [9.17, 15) is 9.59 Å². The van der Waals surface area contributed by atoms with Crippen molar-refractivity contribution >= 4 is 23.1 Å². The molecule has 0 bridgehead atoms. The Hall–Kier alpha value is -3.32. The third-order valence-corrected chi connectivity index (χ3v) is 5.11. The number of benzene rings is 2. The van der Waals surface area contributed by atoms with Crippen LogP contribution in [0.15, 0.2) is 54.2 Å². The maximum absolute atomic E-state index is 13.3. The highest BCUT2D eigenvalue weighted by molar-refractivity contribution is 6.36. The minimum Gasteiger partial charge on any atom is -0.497 e. The SMILES string of the molecule is CCOCCCN1C(=O)C(Nc2cccc(OC)c2)=C(c2ccc(OCC(C)C)cc2)C1=O. The number of carbonyl (C=O) groups excluding carboxylic acids is 2. The van der Waals surface area contributed by atoms with E-state index in [1.807, 2.05) is 49.4 Å². The maximum Gasteiger partial charge on any atom is 0.278 e. The van der Waals surface area contributed by atoms with Crippen LogP contribution in [-0.2, 0) is 14.3 Å². The third-order valence-electron chi connectivity index (χ3n) is 5.11. The number of ether oxygens (including phenoxy) is 3. The lowest BCUT2D eigenvalue weighted by Gasteiger charge is -2.15. The molecule has 0 unspecified atom stereocenters. The fraction of sp³-hybridized carbons (Fsp3) is 0.385. The van der Waals surface area contributed by atoms with Gasteiger partial charge < -0.3 is 19.5 Å². The Kier molecular flexibility index (Phi) is 8.49. The van der Waals surface area contributed by atoms with Crippen molar-refractivity contribution in [2.45, 2.75) is 27.2 Å². The number of methoxy groups -OCH3 is 1. The molecule has 0 spiro atoms. The standard InChI is InChI=1S/C26H32N2O5/c1-5-32-15-7-14-28-25(29)23(19-10-12-21(13-11-19)33-17-18(2)3)24(26(28)30)27-20-8-6-9-22(16-20)31-4/h6,8-13,16,18,27H,5,7,14-15,17H2,1-4H3. The average Bonchev–Trinajstić information content (AvgIpc) is 3.05. The van der Waals surface area contributed by atoms with Crippen LogP contribution in [0, 0.1) is 5.92 Å². The molecule has 3 rings (SSSR count). The number of nitrogens with zero attached hydrogens (tertiary/aromatic N) is 1. The van der Waals surface area contributed by atoms with Gasteiger partial charge in [0.1, 0.15) is 17.2 Å². The minimum atomic E-state index is -0.352. The van der Waals surface area contributed by atoms with Crippen LogP contribution < -0.4 is 14.8 Å². The van der Waals surface area contributed by atoms with Crippen LogP contribution >= 0.6 is 0 Å². The first kappa shape index (κ1) is 24.3. The monoisotopic (exact) mass is 452 g/mol. The molecule has 0 radical (unpaired) electrons. The molecule has 176 valence electrons. The lowest BCUT2D eigenvalue weighted by Crippen LogP contribution is -2.34. The highest BCUT2D eigenvalue weighted by Gasteiger charge is 2.38. The van der Waals surface area contributed by atoms with Gasteiger partial charge in [-0.05, 0) is 49.1 Å². The smallest absolute Gasteiger partial charge is 0.278 e. The molecule has 7 nitrogen and oxygen atoms in total. The highest BCUT2D eigenvalue weighted by Crippen LogP contribution is 2.32. The first-order valence-corrected chi connectivity index (χ1v) is 11.3. The van der Waals surface area contributed by atoms with Crippen molar-refractivity contribution in [3.8, 4) is 11.5 Å². The van der Waals surface area contributed by atoms with Gasteiger partial charge in [0.15, 0.2) is 0 Å². The molecule has 7 heteroatoms. The van der Waals surface area contributed by atoms with E-state index < -0.39 is 0 Å². The fourth-order valence-corrected chi connectivity index (χ4v) is 3.46. The van der Waals surface area contributed by atoms with Gasteiger partial charge in [0, 0.05) is 31.5 Å². The van der Waals surface area contributed by atoms with Crippen LogP contribution in [0.4, 0.5) is 5.69 Å². The molecule has 1 heterocycles. The third kappa shape index (κ3) is 6.14. The Labute approximate surface area is 195 Å². The fourth-order valence-electron chi connectivity index (χ4n) is 3.46. The lowest BCUT2D eigenvalue weighted by atomic mass is 10.0. The van der Waals surface area contributed by atoms with Crippen molar-refractivity contribution in [1.82, 2.24) is 4.90 Å². The van der Waals surface area contributed by atoms with E-state index >= 15 is 0 Å². The van der Waals surface area contributed by atoms with Crippen LogP contribution in [0.5, 0.6) is 11.5 Å². The topological polar surface area (TPSA) is 77.1 Å². The lowest BCUT2D eigenvalue weighted by molar-refractivity contribution is -0.137. The first-order chi connectivity index (χ1) is 15.9. The summed E-state index contributed by atoms with van der Waals surface area (Å²) in [7, 11) is 1.58. The van der Waals surface area contributed by atoms with Gasteiger partial charge in [-0.1, -0.05) is 32.0 Å². The Morgan fingerprint density at radius 2 is 1.76 bits per heavy atom. The Morgan fingerprint density at radius 3 is 2.42 bits per heavy atom. The van der Waals surface area contributed by atoms with E-state index in [4.69, 9.17) is 14.2 Å². The second-order valence-corrected chi connectivity index (χ2v) is 8.15. The van der Waals surface area contributed by atoms with E-state index in [1.54, 1.807) is 13.2 Å². The number of rotatable bonds is 12. The van der Waals surface area contributed by atoms with Crippen LogP contribution in [-0.4, -0.2) is 50.2 Å². The molecule has 0 saturated carbocycles. The molecule has 2 aromatic rings. The predicted molar refractivity (Wildman–Crippen MR) is 128 cm³/mol. The van der Waals surface area contributed by atoms with Crippen LogP contribution in [0.2, 0.25) is 0 Å². The number of imide groups is 1. The summed E-state index contributed by atoms with van der Waals surface area (Å²) >= 11 is 0. The minimum absolute atomic E-state index is 0.250. The van der Waals surface area contributed by atoms with Crippen molar-refractivity contribution < 1.29 is 23.8 Å². The van der Waals surface area contributed by atoms with Crippen molar-refractivity contribution in [3.63, 3.8) is 0 Å². The molecule has 33 heavy (non-hydrogen) atoms. The summed E-state index contributed by atoms with van der Waals surface area (Å²) in [5.41, 5.74) is 1.91. The van der Waals surface area contributed by atoms with Gasteiger partial charge in [-0.3, -0.25) is 14.5 Å². The van der Waals surface area contributed by atoms with Crippen LogP contribution in [0.1, 0.15) is 32.8 Å². The molecule has 2 aromatic carbocycles. The first-order valence-electron chi connectivity index (χ1n) is 11.3. The van der Waals surface area contributed by atoms with E-state index in [-0.39, 0.29) is 17.5 Å². The molecule has 1 aliphatic heterocycles. The predicted octanol–water partition coefficient (Wildman–Crippen LogP) is 4.35. The maximum atomic E-state index is 13.3. The van der Waals surface area contributed by atoms with Gasteiger partial charge in [0.2, 0.25) is 0 Å². The van der Waals surface area contributed by atoms with E-state index in [1.165, 1.54) is 4.90 Å². The van der Waals surface area contributed by atoms with E-state index in [2.05, 4.69) is 19.2 Å². The van der Waals surface area contributed by atoms with Gasteiger partial charge in [-0.2, -0.15) is 0 Å². The van der Waals surface area contributed by atoms with Crippen molar-refractivity contribution in [3.05, 3.63) is 59.8 Å². The number of nitrogens with one attached hydrogen (secondary N) is 1. The second-order valence-electron chi connectivity index (χ2n) is 8.15. The van der Waals surface area contributed by atoms with Crippen LogP contribution in [0.25, 0.3) is 5.57 Å². The summed E-state index contributed by atoms with van der Waals surface area (Å²) in [6.45, 7) is 8.06. The molecular weight excluding hydrogens is 420 g/mol. The summed E-state index contributed by atoms with van der Waals surface area (Å²) in [4.78, 5) is 27.8. The summed E-state index contributed by atoms with van der Waals surface area (Å²) in [6, 6.07) is 14.5. The van der Waals surface area contributed by atoms with E-state index in [0.717, 1.165) is 5.75 Å². The Bertz CT molecular complexity index is 998. The zero-order chi connectivity index (χ0) is 23.8. The molecule has 1 N–H and O–H groups in total. The molecule has 2 amide bonds. The number of anilines is 1. The zero-order valence-corrected chi connectivity index (χ0v) is 19.7. The van der Waals surface area contributed by atoms with Gasteiger partial charge in [-0.15, -0.1) is 0 Å². The molecule has 0 saturated heterocycles. The second kappa shape index (κ2) is 11.5. The molecule has 1 aliphatic rings.